The Hall–Kier alpha value is -3.12. The van der Waals surface area contributed by atoms with Crippen molar-refractivity contribution in [2.75, 3.05) is 6.61 Å². The minimum Gasteiger partial charge on any atom is -0.394 e. The van der Waals surface area contributed by atoms with E-state index in [4.69, 9.17) is 0 Å². The molecule has 4 rings (SSSR count). The molecule has 2 heterocycles. The normalized spacial score (nSPS) is 17.6. The van der Waals surface area contributed by atoms with E-state index in [-0.39, 0.29) is 24.5 Å². The van der Waals surface area contributed by atoms with Gasteiger partial charge in [-0.15, -0.1) is 0 Å². The van der Waals surface area contributed by atoms with E-state index in [1.54, 1.807) is 4.90 Å². The molecule has 0 bridgehead atoms. The van der Waals surface area contributed by atoms with E-state index < -0.39 is 6.04 Å². The molecule has 2 aromatic carbocycles. The Morgan fingerprint density at radius 1 is 1.17 bits per heavy atom. The lowest BCUT2D eigenvalue weighted by molar-refractivity contribution is -0.136. The van der Waals surface area contributed by atoms with Crippen LogP contribution in [0.4, 0.5) is 0 Å². The summed E-state index contributed by atoms with van der Waals surface area (Å²) >= 11 is 0. The van der Waals surface area contributed by atoms with Crippen molar-refractivity contribution < 1.29 is 14.7 Å². The highest BCUT2D eigenvalue weighted by molar-refractivity contribution is 5.91. The van der Waals surface area contributed by atoms with Gasteiger partial charge in [-0.2, -0.15) is 0 Å². The molecule has 1 aliphatic heterocycles. The van der Waals surface area contributed by atoms with Gasteiger partial charge in [-0.25, -0.2) is 0 Å². The van der Waals surface area contributed by atoms with Crippen LogP contribution >= 0.6 is 0 Å². The van der Waals surface area contributed by atoms with Gasteiger partial charge in [0.1, 0.15) is 6.04 Å². The number of benzene rings is 2. The SMILES string of the molecule is O=C(NC(CO)Cc1ccccc1)C1CCC(=O)N1Cc1c[nH]c2ccccc12. The van der Waals surface area contributed by atoms with Crippen LogP contribution in [0.1, 0.15) is 24.0 Å². The number of aromatic nitrogens is 1. The Morgan fingerprint density at radius 3 is 2.72 bits per heavy atom. The van der Waals surface area contributed by atoms with Crippen molar-refractivity contribution >= 4 is 22.7 Å². The number of aliphatic hydroxyl groups is 1. The Bertz CT molecular complexity index is 999. The lowest BCUT2D eigenvalue weighted by atomic mass is 10.1. The maximum absolute atomic E-state index is 12.9. The summed E-state index contributed by atoms with van der Waals surface area (Å²) in [6.45, 7) is 0.243. The number of likely N-dealkylation sites (tertiary alicyclic amines) is 1. The van der Waals surface area contributed by atoms with E-state index in [0.717, 1.165) is 22.0 Å². The third kappa shape index (κ3) is 4.17. The maximum atomic E-state index is 12.9. The van der Waals surface area contributed by atoms with Gasteiger partial charge in [0.05, 0.1) is 12.6 Å². The zero-order valence-electron chi connectivity index (χ0n) is 16.2. The van der Waals surface area contributed by atoms with Crippen LogP contribution in [-0.4, -0.2) is 45.5 Å². The average Bonchev–Trinajstić information content (AvgIpc) is 3.32. The summed E-state index contributed by atoms with van der Waals surface area (Å²) in [5.74, 6) is -0.218. The molecular formula is C23H25N3O3. The number of aliphatic hydroxyl groups excluding tert-OH is 1. The van der Waals surface area contributed by atoms with E-state index in [2.05, 4.69) is 10.3 Å². The quantitative estimate of drug-likeness (QED) is 0.578. The molecule has 0 saturated carbocycles. The van der Waals surface area contributed by atoms with E-state index in [0.29, 0.717) is 25.8 Å². The highest BCUT2D eigenvalue weighted by Crippen LogP contribution is 2.25. The fourth-order valence-electron chi connectivity index (χ4n) is 4.01. The fraction of sp³-hybridized carbons (Fsp3) is 0.304. The van der Waals surface area contributed by atoms with E-state index in [9.17, 15) is 14.7 Å². The van der Waals surface area contributed by atoms with Crippen molar-refractivity contribution in [1.82, 2.24) is 15.2 Å². The van der Waals surface area contributed by atoms with E-state index in [1.165, 1.54) is 0 Å². The third-order valence-corrected chi connectivity index (χ3v) is 5.54. The summed E-state index contributed by atoms with van der Waals surface area (Å²) in [5.41, 5.74) is 3.06. The van der Waals surface area contributed by atoms with Gasteiger partial charge in [0, 0.05) is 30.1 Å². The Kier molecular flexibility index (Phi) is 5.62. The number of nitrogens with one attached hydrogen (secondary N) is 2. The Labute approximate surface area is 169 Å². The predicted molar refractivity (Wildman–Crippen MR) is 111 cm³/mol. The number of carbonyl (C=O) groups is 2. The van der Waals surface area contributed by atoms with Crippen LogP contribution in [0.25, 0.3) is 10.9 Å². The Morgan fingerprint density at radius 2 is 1.93 bits per heavy atom. The number of rotatable bonds is 7. The molecule has 29 heavy (non-hydrogen) atoms. The van der Waals surface area contributed by atoms with Gasteiger partial charge in [0.15, 0.2) is 0 Å². The average molecular weight is 391 g/mol. The van der Waals surface area contributed by atoms with Crippen molar-refractivity contribution in [3.63, 3.8) is 0 Å². The van der Waals surface area contributed by atoms with Crippen molar-refractivity contribution in [2.24, 2.45) is 0 Å². The molecule has 0 radical (unpaired) electrons. The number of para-hydroxylation sites is 1. The number of carbonyl (C=O) groups excluding carboxylic acids is 2. The molecule has 0 aliphatic carbocycles. The van der Waals surface area contributed by atoms with Crippen LogP contribution in [0.5, 0.6) is 0 Å². The lowest BCUT2D eigenvalue weighted by Crippen LogP contribution is -2.49. The molecule has 3 N–H and O–H groups in total. The standard InChI is InChI=1S/C23H25N3O3/c27-15-18(12-16-6-2-1-3-7-16)25-23(29)21-10-11-22(28)26(21)14-17-13-24-20-9-5-4-8-19(17)20/h1-9,13,18,21,24,27H,10-12,14-15H2,(H,25,29). The molecular weight excluding hydrogens is 366 g/mol. The predicted octanol–water partition coefficient (Wildman–Crippen LogP) is 2.38. The van der Waals surface area contributed by atoms with Gasteiger partial charge in [-0.1, -0.05) is 48.5 Å². The lowest BCUT2D eigenvalue weighted by Gasteiger charge is -2.26. The van der Waals surface area contributed by atoms with Crippen LogP contribution in [0.2, 0.25) is 0 Å². The maximum Gasteiger partial charge on any atom is 0.243 e. The van der Waals surface area contributed by atoms with Gasteiger partial charge in [-0.05, 0) is 30.0 Å². The number of aromatic amines is 1. The van der Waals surface area contributed by atoms with Gasteiger partial charge in [-0.3, -0.25) is 9.59 Å². The second kappa shape index (κ2) is 8.49. The van der Waals surface area contributed by atoms with Gasteiger partial charge >= 0.3 is 0 Å². The Balaban J connectivity index is 1.46. The van der Waals surface area contributed by atoms with Gasteiger partial charge in [0.25, 0.3) is 0 Å². The number of hydrogen-bond donors (Lipinski definition) is 3. The molecule has 6 heteroatoms. The summed E-state index contributed by atoms with van der Waals surface area (Å²) in [6, 6.07) is 16.8. The molecule has 1 fully saturated rings. The van der Waals surface area contributed by atoms with Crippen LogP contribution < -0.4 is 5.32 Å². The third-order valence-electron chi connectivity index (χ3n) is 5.54. The van der Waals surface area contributed by atoms with Gasteiger partial charge < -0.3 is 20.3 Å². The first kappa shape index (κ1) is 19.2. The molecule has 6 nitrogen and oxygen atoms in total. The molecule has 2 unspecified atom stereocenters. The molecule has 150 valence electrons. The largest absolute Gasteiger partial charge is 0.394 e. The number of H-pyrrole nitrogens is 1. The summed E-state index contributed by atoms with van der Waals surface area (Å²) in [4.78, 5) is 30.3. The molecule has 1 aliphatic rings. The van der Waals surface area contributed by atoms with E-state index in [1.807, 2.05) is 60.8 Å². The minimum absolute atomic E-state index is 0.0148. The van der Waals surface area contributed by atoms with Crippen molar-refractivity contribution in [3.8, 4) is 0 Å². The van der Waals surface area contributed by atoms with Crippen molar-refractivity contribution in [1.29, 1.82) is 0 Å². The van der Waals surface area contributed by atoms with Crippen molar-refractivity contribution in [2.45, 2.75) is 37.9 Å². The smallest absolute Gasteiger partial charge is 0.243 e. The summed E-state index contributed by atoms with van der Waals surface area (Å²) in [7, 11) is 0. The van der Waals surface area contributed by atoms with Crippen LogP contribution in [0, 0.1) is 0 Å². The molecule has 2 atom stereocenters. The minimum atomic E-state index is -0.513. The van der Waals surface area contributed by atoms with Crippen LogP contribution in [0.15, 0.2) is 60.8 Å². The topological polar surface area (TPSA) is 85.4 Å². The zero-order chi connectivity index (χ0) is 20.2. The highest BCUT2D eigenvalue weighted by atomic mass is 16.3. The summed E-state index contributed by atoms with van der Waals surface area (Å²) in [6.07, 6.45) is 3.31. The monoisotopic (exact) mass is 391 g/mol. The second-order valence-electron chi connectivity index (χ2n) is 7.51. The fourth-order valence-corrected chi connectivity index (χ4v) is 4.01. The first-order valence-corrected chi connectivity index (χ1v) is 9.95. The number of amides is 2. The number of hydrogen-bond acceptors (Lipinski definition) is 3. The van der Waals surface area contributed by atoms with Crippen LogP contribution in [0.3, 0.4) is 0 Å². The number of nitrogens with zero attached hydrogens (tertiary/aromatic N) is 1. The molecule has 3 aromatic rings. The molecule has 2 amide bonds. The number of fused-ring (bicyclic) bond motifs is 1. The van der Waals surface area contributed by atoms with Crippen LogP contribution in [-0.2, 0) is 22.6 Å². The first-order valence-electron chi connectivity index (χ1n) is 9.95. The first-order chi connectivity index (χ1) is 14.2. The summed E-state index contributed by atoms with van der Waals surface area (Å²) < 4.78 is 0. The highest BCUT2D eigenvalue weighted by Gasteiger charge is 2.36. The second-order valence-corrected chi connectivity index (χ2v) is 7.51. The molecule has 1 aromatic heterocycles. The summed E-state index contributed by atoms with van der Waals surface area (Å²) in [5, 5.41) is 13.7. The van der Waals surface area contributed by atoms with Crippen molar-refractivity contribution in [3.05, 3.63) is 71.9 Å². The van der Waals surface area contributed by atoms with Gasteiger partial charge in [0.2, 0.25) is 11.8 Å². The van der Waals surface area contributed by atoms with E-state index >= 15 is 0 Å². The zero-order valence-corrected chi connectivity index (χ0v) is 16.2. The molecule has 1 saturated heterocycles. The molecule has 0 spiro atoms.